The zero-order valence-electron chi connectivity index (χ0n) is 10.8. The number of ketones is 1. The molecule has 0 fully saturated rings. The Hall–Kier alpha value is -1.90. The topological polar surface area (TPSA) is 47.3 Å². The van der Waals surface area contributed by atoms with E-state index < -0.39 is 5.63 Å². The van der Waals surface area contributed by atoms with Crippen molar-refractivity contribution < 1.29 is 9.21 Å². The third kappa shape index (κ3) is 2.08. The van der Waals surface area contributed by atoms with Crippen LogP contribution in [-0.2, 0) is 0 Å². The lowest BCUT2D eigenvalue weighted by Crippen LogP contribution is -2.08. The predicted molar refractivity (Wildman–Crippen MR) is 70.3 cm³/mol. The quantitative estimate of drug-likeness (QED) is 0.777. The molecule has 3 heteroatoms. The number of carbonyl (C=O) groups is 1. The predicted octanol–water partition coefficient (Wildman–Crippen LogP) is 3.46. The van der Waals surface area contributed by atoms with Gasteiger partial charge in [0.25, 0.3) is 0 Å². The van der Waals surface area contributed by atoms with E-state index in [0.29, 0.717) is 23.7 Å². The van der Waals surface area contributed by atoms with Crippen LogP contribution < -0.4 is 5.63 Å². The van der Waals surface area contributed by atoms with Crippen LogP contribution in [0.5, 0.6) is 0 Å². The second-order valence-electron chi connectivity index (χ2n) is 4.64. The number of hydrogen-bond acceptors (Lipinski definition) is 3. The van der Waals surface area contributed by atoms with Gasteiger partial charge < -0.3 is 4.42 Å². The van der Waals surface area contributed by atoms with Crippen LogP contribution in [0.4, 0.5) is 0 Å². The fourth-order valence-corrected chi connectivity index (χ4v) is 1.97. The first-order valence-corrected chi connectivity index (χ1v) is 6.14. The van der Waals surface area contributed by atoms with Crippen molar-refractivity contribution in [1.29, 1.82) is 0 Å². The van der Waals surface area contributed by atoms with Crippen molar-refractivity contribution in [3.63, 3.8) is 0 Å². The van der Waals surface area contributed by atoms with E-state index >= 15 is 0 Å². The van der Waals surface area contributed by atoms with Crippen LogP contribution in [0.25, 0.3) is 11.3 Å². The first-order valence-electron chi connectivity index (χ1n) is 6.14. The van der Waals surface area contributed by atoms with E-state index in [2.05, 4.69) is 13.8 Å². The van der Waals surface area contributed by atoms with Gasteiger partial charge in [-0.2, -0.15) is 0 Å². The third-order valence-electron chi connectivity index (χ3n) is 3.06. The first kappa shape index (κ1) is 12.6. The number of rotatable bonds is 3. The van der Waals surface area contributed by atoms with Crippen molar-refractivity contribution in [2.45, 2.75) is 33.1 Å². The Morgan fingerprint density at radius 2 is 2.06 bits per heavy atom. The molecule has 94 valence electrons. The van der Waals surface area contributed by atoms with Crippen LogP contribution in [0.2, 0.25) is 0 Å². The van der Waals surface area contributed by atoms with Gasteiger partial charge in [0.1, 0.15) is 11.3 Å². The van der Waals surface area contributed by atoms with Gasteiger partial charge in [-0.15, -0.1) is 0 Å². The summed E-state index contributed by atoms with van der Waals surface area (Å²) >= 11 is 0. The molecule has 2 rings (SSSR count). The minimum atomic E-state index is -0.530. The average molecular weight is 244 g/mol. The first-order chi connectivity index (χ1) is 8.54. The van der Waals surface area contributed by atoms with E-state index in [1.165, 1.54) is 0 Å². The fraction of sp³-hybridized carbons (Fsp3) is 0.333. The van der Waals surface area contributed by atoms with E-state index in [-0.39, 0.29) is 11.3 Å². The molecule has 0 radical (unpaired) electrons. The van der Waals surface area contributed by atoms with Crippen LogP contribution in [-0.4, -0.2) is 5.78 Å². The molecular formula is C15H16O3. The Labute approximate surface area is 106 Å². The summed E-state index contributed by atoms with van der Waals surface area (Å²) in [5.41, 5.74) is 1.36. The van der Waals surface area contributed by atoms with Crippen molar-refractivity contribution in [3.05, 3.63) is 45.8 Å². The Bertz CT molecular complexity index is 608. The zero-order chi connectivity index (χ0) is 13.3. The van der Waals surface area contributed by atoms with E-state index in [9.17, 15) is 9.59 Å². The Morgan fingerprint density at radius 1 is 1.33 bits per heavy atom. The van der Waals surface area contributed by atoms with Crippen molar-refractivity contribution >= 4 is 5.78 Å². The van der Waals surface area contributed by atoms with Crippen LogP contribution in [0.1, 0.15) is 49.0 Å². The molecular weight excluding hydrogens is 228 g/mol. The maximum Gasteiger partial charge on any atom is 0.347 e. The van der Waals surface area contributed by atoms with Crippen LogP contribution in [0, 0.1) is 0 Å². The second-order valence-corrected chi connectivity index (χ2v) is 4.64. The Morgan fingerprint density at radius 3 is 2.67 bits per heavy atom. The molecule has 3 nitrogen and oxygen atoms in total. The molecule has 0 saturated carbocycles. The normalized spacial score (nSPS) is 11.1. The molecule has 1 heterocycles. The molecule has 0 unspecified atom stereocenters. The van der Waals surface area contributed by atoms with Gasteiger partial charge in [0, 0.05) is 12.0 Å². The molecule has 2 aliphatic rings. The number of hydrogen-bond donors (Lipinski definition) is 0. The molecule has 1 aliphatic carbocycles. The summed E-state index contributed by atoms with van der Waals surface area (Å²) in [6, 6.07) is 7.44. The fourth-order valence-electron chi connectivity index (χ4n) is 1.97. The number of fused-ring (bicyclic) bond motifs is 1. The van der Waals surface area contributed by atoms with Crippen molar-refractivity contribution in [2.75, 3.05) is 0 Å². The molecule has 18 heavy (non-hydrogen) atoms. The van der Waals surface area contributed by atoms with E-state index in [4.69, 9.17) is 4.42 Å². The van der Waals surface area contributed by atoms with Gasteiger partial charge in [-0.25, -0.2) is 4.79 Å². The number of Topliss-reactive ketones (excluding diaryl/α,β-unsaturated/α-hetero) is 1. The molecule has 0 aromatic carbocycles. The minimum absolute atomic E-state index is 0.167. The van der Waals surface area contributed by atoms with E-state index in [1.807, 2.05) is 18.2 Å². The Balaban J connectivity index is 2.74. The highest BCUT2D eigenvalue weighted by Crippen LogP contribution is 2.27. The molecule has 0 spiro atoms. The van der Waals surface area contributed by atoms with Crippen LogP contribution >= 0.6 is 0 Å². The molecule has 0 aromatic rings. The molecule has 1 aliphatic heterocycles. The summed E-state index contributed by atoms with van der Waals surface area (Å²) in [5, 5.41) is 0. The highest BCUT2D eigenvalue weighted by atomic mass is 16.4. The summed E-state index contributed by atoms with van der Waals surface area (Å²) in [6.45, 7) is 5.88. The van der Waals surface area contributed by atoms with Crippen molar-refractivity contribution in [2.24, 2.45) is 0 Å². The summed E-state index contributed by atoms with van der Waals surface area (Å²) in [4.78, 5) is 23.6. The molecule has 0 N–H and O–H groups in total. The van der Waals surface area contributed by atoms with Crippen molar-refractivity contribution in [1.82, 2.24) is 0 Å². The smallest absolute Gasteiger partial charge is 0.347 e. The molecule has 0 saturated heterocycles. The maximum atomic E-state index is 11.8. The minimum Gasteiger partial charge on any atom is -0.422 e. The van der Waals surface area contributed by atoms with Gasteiger partial charge in [0.15, 0.2) is 5.78 Å². The van der Waals surface area contributed by atoms with Gasteiger partial charge in [-0.05, 0) is 23.6 Å². The zero-order valence-corrected chi connectivity index (χ0v) is 10.8. The van der Waals surface area contributed by atoms with Gasteiger partial charge in [-0.3, -0.25) is 4.79 Å². The van der Waals surface area contributed by atoms with E-state index in [1.54, 1.807) is 13.0 Å². The van der Waals surface area contributed by atoms with Gasteiger partial charge in [0.2, 0.25) is 0 Å². The second kappa shape index (κ2) is 4.77. The lowest BCUT2D eigenvalue weighted by atomic mass is 10.0. The summed E-state index contributed by atoms with van der Waals surface area (Å²) in [7, 11) is 0. The molecule has 0 atom stereocenters. The van der Waals surface area contributed by atoms with E-state index in [0.717, 1.165) is 5.56 Å². The van der Waals surface area contributed by atoms with Gasteiger partial charge >= 0.3 is 5.63 Å². The number of furan rings is 1. The number of carbonyl (C=O) groups excluding carboxylic acids is 1. The van der Waals surface area contributed by atoms with Gasteiger partial charge in [-0.1, -0.05) is 32.9 Å². The highest BCUT2D eigenvalue weighted by molar-refractivity contribution is 6.01. The summed E-state index contributed by atoms with van der Waals surface area (Å²) in [5.74, 6) is 0.638. The maximum absolute atomic E-state index is 11.8. The lowest BCUT2D eigenvalue weighted by Gasteiger charge is -2.02. The molecule has 0 aromatic heterocycles. The SMILES string of the molecule is CCC(=O)c1c2cc(C(C)C)cccc-2oc1=O. The summed E-state index contributed by atoms with van der Waals surface area (Å²) in [6.07, 6.45) is 0.305. The summed E-state index contributed by atoms with van der Waals surface area (Å²) < 4.78 is 5.14. The van der Waals surface area contributed by atoms with Crippen molar-refractivity contribution in [3.8, 4) is 11.3 Å². The highest BCUT2D eigenvalue weighted by Gasteiger charge is 2.22. The third-order valence-corrected chi connectivity index (χ3v) is 3.06. The molecule has 0 amide bonds. The van der Waals surface area contributed by atoms with Gasteiger partial charge in [0.05, 0.1) is 0 Å². The Kier molecular flexibility index (Phi) is 3.32. The standard InChI is InChI=1S/C15H16O3/c1-4-12(16)14-11-8-10(9(2)3)6-5-7-13(11)18-15(14)17/h5-9H,4H2,1-3H3. The average Bonchev–Trinajstić information content (AvgIpc) is 2.50. The van der Waals surface area contributed by atoms with Crippen LogP contribution in [0.3, 0.4) is 0 Å². The monoisotopic (exact) mass is 244 g/mol. The van der Waals surface area contributed by atoms with Crippen LogP contribution in [0.15, 0.2) is 33.5 Å². The molecule has 0 bridgehead atoms. The lowest BCUT2D eigenvalue weighted by molar-refractivity contribution is 0.0987. The largest absolute Gasteiger partial charge is 0.422 e.